The third-order valence-corrected chi connectivity index (χ3v) is 1.91. The molecule has 1 aromatic rings. The molecule has 0 spiro atoms. The highest BCUT2D eigenvalue weighted by atomic mass is 32.1. The molecule has 0 aliphatic heterocycles. The lowest BCUT2D eigenvalue weighted by Crippen LogP contribution is -2.23. The molecular formula is C8H8N2OS. The number of hydrogen-bond acceptors (Lipinski definition) is 3. The minimum absolute atomic E-state index is 0.211. The van der Waals surface area contributed by atoms with E-state index in [4.69, 9.17) is 6.42 Å². The summed E-state index contributed by atoms with van der Waals surface area (Å²) in [5.41, 5.74) is 0.438. The van der Waals surface area contributed by atoms with E-state index >= 15 is 0 Å². The van der Waals surface area contributed by atoms with Crippen LogP contribution in [0.2, 0.25) is 0 Å². The fraction of sp³-hybridized carbons (Fsp3) is 0.250. The average molecular weight is 180 g/mol. The van der Waals surface area contributed by atoms with E-state index in [0.29, 0.717) is 5.69 Å². The lowest BCUT2D eigenvalue weighted by Gasteiger charge is -1.94. The van der Waals surface area contributed by atoms with Crippen molar-refractivity contribution in [2.75, 3.05) is 6.54 Å². The molecule has 0 atom stereocenters. The number of aryl methyl sites for hydroxylation is 1. The predicted molar refractivity (Wildman–Crippen MR) is 48.0 cm³/mol. The topological polar surface area (TPSA) is 42.0 Å². The van der Waals surface area contributed by atoms with Crippen molar-refractivity contribution < 1.29 is 4.79 Å². The first-order valence-corrected chi connectivity index (χ1v) is 4.16. The summed E-state index contributed by atoms with van der Waals surface area (Å²) in [7, 11) is 0. The molecule has 0 fully saturated rings. The number of terminal acetylenes is 1. The van der Waals surface area contributed by atoms with Crippen molar-refractivity contribution in [2.24, 2.45) is 0 Å². The molecule has 0 saturated carbocycles. The molecule has 1 amide bonds. The van der Waals surface area contributed by atoms with Crippen LogP contribution in [0.3, 0.4) is 0 Å². The highest BCUT2D eigenvalue weighted by molar-refractivity contribution is 7.05. The van der Waals surface area contributed by atoms with Crippen molar-refractivity contribution in [1.29, 1.82) is 0 Å². The quantitative estimate of drug-likeness (QED) is 0.684. The van der Waals surface area contributed by atoms with Gasteiger partial charge in [0.05, 0.1) is 6.54 Å². The van der Waals surface area contributed by atoms with Crippen molar-refractivity contribution in [2.45, 2.75) is 6.92 Å². The third-order valence-electron chi connectivity index (χ3n) is 1.21. The molecule has 0 aliphatic rings. The zero-order chi connectivity index (χ0) is 8.97. The summed E-state index contributed by atoms with van der Waals surface area (Å²) in [6, 6.07) is 1.73. The van der Waals surface area contributed by atoms with Crippen molar-refractivity contribution in [3.05, 3.63) is 16.6 Å². The number of rotatable bonds is 2. The molecule has 1 N–H and O–H groups in total. The predicted octanol–water partition coefficient (Wildman–Crippen LogP) is 0.815. The Kier molecular flexibility index (Phi) is 2.83. The van der Waals surface area contributed by atoms with Crippen LogP contribution in [0.25, 0.3) is 0 Å². The Labute approximate surface area is 75.0 Å². The highest BCUT2D eigenvalue weighted by Crippen LogP contribution is 2.07. The Hall–Kier alpha value is -1.34. The summed E-state index contributed by atoms with van der Waals surface area (Å²) in [5, 5.41) is 2.53. The van der Waals surface area contributed by atoms with Gasteiger partial charge in [-0.3, -0.25) is 4.79 Å². The first kappa shape index (κ1) is 8.75. The van der Waals surface area contributed by atoms with Crippen LogP contribution in [0.15, 0.2) is 6.07 Å². The molecule has 0 bridgehead atoms. The first-order valence-electron chi connectivity index (χ1n) is 3.39. The molecule has 1 aromatic heterocycles. The van der Waals surface area contributed by atoms with Gasteiger partial charge in [0.25, 0.3) is 5.91 Å². The second kappa shape index (κ2) is 3.88. The Bertz CT molecular complexity index is 324. The van der Waals surface area contributed by atoms with Gasteiger partial charge < -0.3 is 5.32 Å². The van der Waals surface area contributed by atoms with E-state index in [-0.39, 0.29) is 12.5 Å². The maximum atomic E-state index is 11.2. The molecule has 0 unspecified atom stereocenters. The standard InChI is InChI=1S/C8H8N2OS/c1-3-4-9-8(11)7-5-6(2)12-10-7/h1,5H,4H2,2H3,(H,9,11). The average Bonchev–Trinajstić information content (AvgIpc) is 2.47. The Morgan fingerprint density at radius 2 is 2.67 bits per heavy atom. The summed E-state index contributed by atoms with van der Waals surface area (Å²) in [6.45, 7) is 2.14. The number of carbonyl (C=O) groups excluding carboxylic acids is 1. The summed E-state index contributed by atoms with van der Waals surface area (Å²) in [4.78, 5) is 12.2. The molecule has 1 heterocycles. The van der Waals surface area contributed by atoms with E-state index in [0.717, 1.165) is 4.88 Å². The summed E-state index contributed by atoms with van der Waals surface area (Å²) in [6.07, 6.45) is 4.98. The Morgan fingerprint density at radius 1 is 1.92 bits per heavy atom. The zero-order valence-electron chi connectivity index (χ0n) is 6.63. The number of amides is 1. The fourth-order valence-corrected chi connectivity index (χ4v) is 1.24. The minimum Gasteiger partial charge on any atom is -0.340 e. The number of nitrogens with one attached hydrogen (secondary N) is 1. The molecule has 62 valence electrons. The van der Waals surface area contributed by atoms with Crippen LogP contribution < -0.4 is 5.32 Å². The number of nitrogens with zero attached hydrogens (tertiary/aromatic N) is 1. The molecule has 1 rings (SSSR count). The zero-order valence-corrected chi connectivity index (χ0v) is 7.44. The molecule has 3 nitrogen and oxygen atoms in total. The van der Waals surface area contributed by atoms with E-state index in [1.807, 2.05) is 6.92 Å². The summed E-state index contributed by atoms with van der Waals surface area (Å²) < 4.78 is 3.93. The van der Waals surface area contributed by atoms with Gasteiger partial charge in [-0.15, -0.1) is 6.42 Å². The van der Waals surface area contributed by atoms with E-state index < -0.39 is 0 Å². The van der Waals surface area contributed by atoms with Crippen LogP contribution >= 0.6 is 11.5 Å². The van der Waals surface area contributed by atoms with Gasteiger partial charge >= 0.3 is 0 Å². The van der Waals surface area contributed by atoms with E-state index in [2.05, 4.69) is 15.6 Å². The van der Waals surface area contributed by atoms with Gasteiger partial charge in [0.1, 0.15) is 5.69 Å². The monoisotopic (exact) mass is 180 g/mol. The Morgan fingerprint density at radius 3 is 3.17 bits per heavy atom. The van der Waals surface area contributed by atoms with E-state index in [9.17, 15) is 4.79 Å². The fourth-order valence-electron chi connectivity index (χ4n) is 0.695. The van der Waals surface area contributed by atoms with Gasteiger partial charge in [0.2, 0.25) is 0 Å². The number of hydrogen-bond donors (Lipinski definition) is 1. The smallest absolute Gasteiger partial charge is 0.271 e. The minimum atomic E-state index is -0.211. The maximum Gasteiger partial charge on any atom is 0.271 e. The van der Waals surface area contributed by atoms with Crippen LogP contribution in [0.5, 0.6) is 0 Å². The van der Waals surface area contributed by atoms with Gasteiger partial charge in [-0.05, 0) is 24.5 Å². The first-order chi connectivity index (χ1) is 5.74. The third kappa shape index (κ3) is 2.07. The molecule has 12 heavy (non-hydrogen) atoms. The van der Waals surface area contributed by atoms with Crippen LogP contribution in [-0.4, -0.2) is 16.8 Å². The van der Waals surface area contributed by atoms with E-state index in [1.165, 1.54) is 11.5 Å². The molecule has 0 radical (unpaired) electrons. The van der Waals surface area contributed by atoms with Gasteiger partial charge in [0.15, 0.2) is 0 Å². The Balaban J connectivity index is 2.61. The molecule has 0 aromatic carbocycles. The second-order valence-electron chi connectivity index (χ2n) is 2.21. The SMILES string of the molecule is C#CCNC(=O)c1cc(C)sn1. The molecule has 0 saturated heterocycles. The molecular weight excluding hydrogens is 172 g/mol. The van der Waals surface area contributed by atoms with Crippen molar-refractivity contribution in [3.63, 3.8) is 0 Å². The summed E-state index contributed by atoms with van der Waals surface area (Å²) in [5.74, 6) is 2.11. The largest absolute Gasteiger partial charge is 0.340 e. The van der Waals surface area contributed by atoms with Crippen molar-refractivity contribution >= 4 is 17.4 Å². The lowest BCUT2D eigenvalue weighted by atomic mass is 10.3. The normalized spacial score (nSPS) is 9.00. The van der Waals surface area contributed by atoms with E-state index in [1.54, 1.807) is 6.07 Å². The lowest BCUT2D eigenvalue weighted by molar-refractivity contribution is 0.0955. The maximum absolute atomic E-state index is 11.2. The van der Waals surface area contributed by atoms with Gasteiger partial charge in [-0.25, -0.2) is 0 Å². The second-order valence-corrected chi connectivity index (χ2v) is 3.22. The van der Waals surface area contributed by atoms with Crippen LogP contribution in [0, 0.1) is 19.3 Å². The van der Waals surface area contributed by atoms with Crippen molar-refractivity contribution in [3.8, 4) is 12.3 Å². The van der Waals surface area contributed by atoms with Crippen molar-refractivity contribution in [1.82, 2.24) is 9.69 Å². The number of carbonyl (C=O) groups is 1. The summed E-state index contributed by atoms with van der Waals surface area (Å²) >= 11 is 1.30. The molecule has 4 heteroatoms. The van der Waals surface area contributed by atoms with Crippen LogP contribution in [0.4, 0.5) is 0 Å². The molecule has 0 aliphatic carbocycles. The van der Waals surface area contributed by atoms with Gasteiger partial charge in [-0.1, -0.05) is 5.92 Å². The van der Waals surface area contributed by atoms with Crippen LogP contribution in [-0.2, 0) is 0 Å². The highest BCUT2D eigenvalue weighted by Gasteiger charge is 2.06. The van der Waals surface area contributed by atoms with Gasteiger partial charge in [-0.2, -0.15) is 4.37 Å². The van der Waals surface area contributed by atoms with Gasteiger partial charge in [0, 0.05) is 4.88 Å². The number of aromatic nitrogens is 1. The van der Waals surface area contributed by atoms with Crippen LogP contribution in [0.1, 0.15) is 15.4 Å².